The van der Waals surface area contributed by atoms with Crippen LogP contribution in [-0.2, 0) is 0 Å². The monoisotopic (exact) mass is 105 g/mol. The summed E-state index contributed by atoms with van der Waals surface area (Å²) in [6, 6.07) is 0. The smallest absolute Gasteiger partial charge is 0.179 e. The van der Waals surface area contributed by atoms with E-state index in [9.17, 15) is 0 Å². The van der Waals surface area contributed by atoms with Crippen molar-refractivity contribution in [1.29, 1.82) is 0 Å². The molecule has 0 amide bonds. The van der Waals surface area contributed by atoms with Gasteiger partial charge in [-0.3, -0.25) is 0 Å². The van der Waals surface area contributed by atoms with Gasteiger partial charge in [0, 0.05) is 0 Å². The molecule has 3 heteroatoms. The quantitative estimate of drug-likeness (QED) is 0.237. The van der Waals surface area contributed by atoms with Crippen molar-refractivity contribution in [2.75, 3.05) is 27.9 Å². The lowest BCUT2D eigenvalue weighted by atomic mass is 10.7. The van der Waals surface area contributed by atoms with Crippen LogP contribution in [-0.4, -0.2) is 45.9 Å². The van der Waals surface area contributed by atoms with Crippen LogP contribution < -0.4 is 0 Å². The van der Waals surface area contributed by atoms with Crippen molar-refractivity contribution in [3.05, 3.63) is 0 Å². The first-order valence-corrected chi connectivity index (χ1v) is 1.97. The van der Waals surface area contributed by atoms with Crippen molar-refractivity contribution in [1.82, 2.24) is 0 Å². The molecule has 0 aromatic heterocycles. The van der Waals surface area contributed by atoms with Crippen LogP contribution in [0.1, 0.15) is 0 Å². The minimum Gasteiger partial charge on any atom is -0.347 e. The lowest BCUT2D eigenvalue weighted by Gasteiger charge is -2.19. The molecule has 0 unspecified atom stereocenters. The third-order valence-electron chi connectivity index (χ3n) is 0.424. The molecule has 0 aliphatic carbocycles. The van der Waals surface area contributed by atoms with E-state index in [-0.39, 0.29) is 15.1 Å². The van der Waals surface area contributed by atoms with Crippen molar-refractivity contribution >= 4 is 8.41 Å². The molecule has 46 valence electrons. The van der Waals surface area contributed by atoms with Gasteiger partial charge in [0.15, 0.2) is 6.73 Å². The summed E-state index contributed by atoms with van der Waals surface area (Å²) in [5, 5.41) is 8.38. The largest absolute Gasteiger partial charge is 0.347 e. The van der Waals surface area contributed by atoms with Gasteiger partial charge in [-0.2, -0.15) is 0 Å². The molecule has 0 radical (unpaired) electrons. The van der Waals surface area contributed by atoms with Crippen molar-refractivity contribution < 1.29 is 9.59 Å². The number of aliphatic hydroxyl groups excluding tert-OH is 1. The fourth-order valence-electron chi connectivity index (χ4n) is 0. The molecule has 0 aliphatic heterocycles. The first-order valence-electron chi connectivity index (χ1n) is 1.97. The third kappa shape index (κ3) is 10.7. The molecule has 0 bridgehead atoms. The van der Waals surface area contributed by atoms with Gasteiger partial charge in [-0.1, -0.05) is 8.41 Å². The van der Waals surface area contributed by atoms with Crippen molar-refractivity contribution in [2.24, 2.45) is 0 Å². The Morgan fingerprint density at radius 1 is 1.29 bits per heavy atom. The van der Waals surface area contributed by atoms with Gasteiger partial charge >= 0.3 is 0 Å². The number of hydrogen-bond donors (Lipinski definition) is 1. The van der Waals surface area contributed by atoms with Crippen LogP contribution in [0.5, 0.6) is 0 Å². The van der Waals surface area contributed by atoms with Crippen LogP contribution >= 0.6 is 0 Å². The van der Waals surface area contributed by atoms with Crippen LogP contribution in [0.2, 0.25) is 0 Å². The van der Waals surface area contributed by atoms with Crippen molar-refractivity contribution in [3.8, 4) is 0 Å². The van der Waals surface area contributed by atoms with Crippen molar-refractivity contribution in [3.63, 3.8) is 0 Å². The van der Waals surface area contributed by atoms with Gasteiger partial charge in [0.2, 0.25) is 0 Å². The maximum Gasteiger partial charge on any atom is 0.179 e. The van der Waals surface area contributed by atoms with E-state index in [1.165, 1.54) is 0 Å². The molecule has 0 atom stereocenters. The zero-order valence-electron chi connectivity index (χ0n) is 4.60. The predicted molar refractivity (Wildman–Crippen MR) is 36.5 cm³/mol. The molecule has 0 aromatic rings. The fraction of sp³-hybridized carbons (Fsp3) is 1.00. The molecule has 0 aliphatic rings. The highest BCUT2D eigenvalue weighted by atomic mass is 16.3. The summed E-state index contributed by atoms with van der Waals surface area (Å²) in [5.41, 5.74) is 0. The summed E-state index contributed by atoms with van der Waals surface area (Å²) in [5.74, 6) is 0. The lowest BCUT2D eigenvalue weighted by molar-refractivity contribution is -0.889. The van der Waals surface area contributed by atoms with Gasteiger partial charge in [-0.15, -0.1) is 0 Å². The molecule has 0 spiro atoms. The van der Waals surface area contributed by atoms with Gasteiger partial charge in [-0.25, -0.2) is 0 Å². The highest BCUT2D eigenvalue weighted by Gasteiger charge is 1.99. The summed E-state index contributed by atoms with van der Waals surface area (Å²) in [7, 11) is 5.79. The zero-order chi connectivity index (χ0) is 5.21. The highest BCUT2D eigenvalue weighted by molar-refractivity contribution is 5.75. The van der Waals surface area contributed by atoms with Gasteiger partial charge in [0.25, 0.3) is 0 Å². The number of quaternary nitrogens is 1. The Hall–Kier alpha value is -0.0151. The second-order valence-corrected chi connectivity index (χ2v) is 2.43. The van der Waals surface area contributed by atoms with Crippen LogP contribution in [0.25, 0.3) is 0 Å². The van der Waals surface area contributed by atoms with Gasteiger partial charge < -0.3 is 9.59 Å². The van der Waals surface area contributed by atoms with Crippen LogP contribution in [0.3, 0.4) is 0 Å². The van der Waals surface area contributed by atoms with E-state index < -0.39 is 0 Å². The van der Waals surface area contributed by atoms with Crippen LogP contribution in [0.15, 0.2) is 0 Å². The second-order valence-electron chi connectivity index (χ2n) is 2.43. The standard InChI is InChI=1S/C4H12NO.BH4/c1-5(2,3)4-6;/h6H,4H2,1-3H3;1H4/q+1;-1. The van der Waals surface area contributed by atoms with E-state index in [2.05, 4.69) is 0 Å². The maximum atomic E-state index is 8.38. The first-order chi connectivity index (χ1) is 2.56. The number of nitrogens with zero attached hydrogens (tertiary/aromatic N) is 1. The second kappa shape index (κ2) is 3.05. The summed E-state index contributed by atoms with van der Waals surface area (Å²) >= 11 is 0. The average Bonchev–Trinajstić information content (AvgIpc) is 1.35. The molecule has 0 saturated heterocycles. The van der Waals surface area contributed by atoms with E-state index in [0.29, 0.717) is 4.48 Å². The van der Waals surface area contributed by atoms with E-state index in [1.807, 2.05) is 21.1 Å². The van der Waals surface area contributed by atoms with Crippen LogP contribution in [0.4, 0.5) is 0 Å². The molecular weight excluding hydrogens is 88.9 g/mol. The molecule has 0 rings (SSSR count). The summed E-state index contributed by atoms with van der Waals surface area (Å²) in [6.45, 7) is 0.208. The van der Waals surface area contributed by atoms with Gasteiger partial charge in [-0.05, 0) is 0 Å². The normalized spacial score (nSPS) is 10.3. The Kier molecular flexibility index (Phi) is 4.38. The predicted octanol–water partition coefficient (Wildman–Crippen LogP) is -1.81. The lowest BCUT2D eigenvalue weighted by Crippen LogP contribution is -2.34. The average molecular weight is 105 g/mol. The third-order valence-corrected chi connectivity index (χ3v) is 0.424. The molecule has 0 fully saturated rings. The topological polar surface area (TPSA) is 20.2 Å². The molecule has 0 heterocycles. The maximum absolute atomic E-state index is 8.38. The number of aliphatic hydroxyl groups is 1. The Morgan fingerprint density at radius 2 is 1.43 bits per heavy atom. The zero-order valence-corrected chi connectivity index (χ0v) is 4.60. The number of rotatable bonds is 1. The Balaban J connectivity index is 0. The van der Waals surface area contributed by atoms with E-state index in [1.54, 1.807) is 0 Å². The Bertz CT molecular complexity index is 41.4. The minimum atomic E-state index is 0. The fourth-order valence-corrected chi connectivity index (χ4v) is 0. The molecule has 0 saturated carbocycles. The Morgan fingerprint density at radius 3 is 1.43 bits per heavy atom. The molecule has 0 aromatic carbocycles. The number of hydrogen-bond acceptors (Lipinski definition) is 1. The van der Waals surface area contributed by atoms with Crippen molar-refractivity contribution in [2.45, 2.75) is 0 Å². The molecule has 7 heavy (non-hydrogen) atoms. The SMILES string of the molecule is C[N+](C)(C)CO.[BH4-]. The van der Waals surface area contributed by atoms with Gasteiger partial charge in [0.1, 0.15) is 0 Å². The minimum absolute atomic E-state index is 0. The highest BCUT2D eigenvalue weighted by Crippen LogP contribution is 1.81. The summed E-state index contributed by atoms with van der Waals surface area (Å²) in [4.78, 5) is 0. The molecule has 2 nitrogen and oxygen atoms in total. The van der Waals surface area contributed by atoms with Gasteiger partial charge in [0.05, 0.1) is 21.1 Å². The molecular formula is C4H16BNO. The van der Waals surface area contributed by atoms with Crippen LogP contribution in [0, 0.1) is 0 Å². The summed E-state index contributed by atoms with van der Waals surface area (Å²) in [6.07, 6.45) is 0. The first kappa shape index (κ1) is 10.1. The molecule has 1 N–H and O–H groups in total. The van der Waals surface area contributed by atoms with E-state index in [0.717, 1.165) is 0 Å². The summed E-state index contributed by atoms with van der Waals surface area (Å²) < 4.78 is 0.625. The Labute approximate surface area is 46.9 Å². The van der Waals surface area contributed by atoms with E-state index >= 15 is 0 Å². The van der Waals surface area contributed by atoms with E-state index in [4.69, 9.17) is 5.11 Å².